The molecule has 2 N–H and O–H groups in total. The van der Waals surface area contributed by atoms with Gasteiger partial charge in [-0.1, -0.05) is 30.3 Å². The molecule has 0 bridgehead atoms. The van der Waals surface area contributed by atoms with E-state index in [1.165, 1.54) is 4.57 Å². The summed E-state index contributed by atoms with van der Waals surface area (Å²) in [4.78, 5) is 51.3. The van der Waals surface area contributed by atoms with Gasteiger partial charge in [-0.15, -0.1) is 0 Å². The van der Waals surface area contributed by atoms with E-state index in [9.17, 15) is 19.2 Å². The van der Waals surface area contributed by atoms with Crippen molar-refractivity contribution in [1.82, 2.24) is 14.5 Å². The minimum atomic E-state index is -0.622. The lowest BCUT2D eigenvalue weighted by atomic mass is 10.1. The van der Waals surface area contributed by atoms with E-state index < -0.39 is 11.2 Å². The van der Waals surface area contributed by atoms with E-state index in [1.807, 2.05) is 32.0 Å². The number of para-hydroxylation sites is 1. The van der Waals surface area contributed by atoms with Crippen molar-refractivity contribution in [3.63, 3.8) is 0 Å². The van der Waals surface area contributed by atoms with E-state index in [0.717, 1.165) is 21.3 Å². The van der Waals surface area contributed by atoms with Crippen LogP contribution >= 0.6 is 0 Å². The summed E-state index contributed by atoms with van der Waals surface area (Å²) in [7, 11) is 1.56. The Morgan fingerprint density at radius 3 is 2.26 bits per heavy atom. The number of anilines is 1. The number of nitrogens with one attached hydrogen (secondary N) is 2. The van der Waals surface area contributed by atoms with Gasteiger partial charge in [0.25, 0.3) is 5.56 Å². The van der Waals surface area contributed by atoms with E-state index >= 15 is 0 Å². The number of rotatable bonds is 6. The van der Waals surface area contributed by atoms with E-state index in [1.54, 1.807) is 55.6 Å². The second-order valence-electron chi connectivity index (χ2n) is 8.39. The van der Waals surface area contributed by atoms with Gasteiger partial charge in [0.2, 0.25) is 11.8 Å². The summed E-state index contributed by atoms with van der Waals surface area (Å²) in [6.07, 6.45) is 0.187. The van der Waals surface area contributed by atoms with Gasteiger partial charge in [-0.3, -0.25) is 19.0 Å². The van der Waals surface area contributed by atoms with Crippen molar-refractivity contribution < 1.29 is 9.59 Å². The van der Waals surface area contributed by atoms with Crippen molar-refractivity contribution in [1.29, 1.82) is 0 Å². The molecule has 178 valence electrons. The Morgan fingerprint density at radius 1 is 0.857 bits per heavy atom. The third-order valence-corrected chi connectivity index (χ3v) is 5.98. The van der Waals surface area contributed by atoms with Crippen molar-refractivity contribution in [3.8, 4) is 5.69 Å². The number of nitrogens with zero attached hydrogens (tertiary/aromatic N) is 2. The Kier molecular flexibility index (Phi) is 6.64. The number of likely N-dealkylation sites (N-methyl/N-ethyl adjacent to an activating group) is 1. The number of amides is 2. The molecule has 0 saturated heterocycles. The fourth-order valence-corrected chi connectivity index (χ4v) is 3.90. The average molecular weight is 471 g/mol. The van der Waals surface area contributed by atoms with Gasteiger partial charge in [0, 0.05) is 12.7 Å². The molecule has 0 saturated carbocycles. The molecule has 35 heavy (non-hydrogen) atoms. The second-order valence-corrected chi connectivity index (χ2v) is 8.39. The lowest BCUT2D eigenvalue weighted by Crippen LogP contribution is -2.40. The molecule has 0 aliphatic carbocycles. The molecule has 1 aromatic heterocycles. The van der Waals surface area contributed by atoms with Gasteiger partial charge >= 0.3 is 5.69 Å². The van der Waals surface area contributed by atoms with E-state index in [2.05, 4.69) is 10.6 Å². The van der Waals surface area contributed by atoms with Crippen LogP contribution in [0.5, 0.6) is 0 Å². The van der Waals surface area contributed by atoms with Crippen LogP contribution in [0.15, 0.2) is 76.3 Å². The third-order valence-electron chi connectivity index (χ3n) is 5.98. The normalized spacial score (nSPS) is 10.8. The summed E-state index contributed by atoms with van der Waals surface area (Å²) in [5.74, 6) is -0.524. The summed E-state index contributed by atoms with van der Waals surface area (Å²) in [5.41, 5.74) is 3.17. The van der Waals surface area contributed by atoms with Crippen LogP contribution in [0, 0.1) is 13.8 Å². The SMILES string of the molecule is CNC(=O)Cc1ccc(-n2c(=O)c3ccccc3n(CC(=O)Nc3ccc(C)c(C)c3)c2=O)cc1. The Balaban J connectivity index is 1.74. The molecule has 0 atom stereocenters. The van der Waals surface area contributed by atoms with Crippen molar-refractivity contribution in [2.45, 2.75) is 26.8 Å². The van der Waals surface area contributed by atoms with Crippen LogP contribution in [-0.4, -0.2) is 28.0 Å². The molecule has 0 spiro atoms. The van der Waals surface area contributed by atoms with Gasteiger partial charge in [-0.2, -0.15) is 0 Å². The Labute approximate surface area is 201 Å². The first-order valence-electron chi connectivity index (χ1n) is 11.2. The van der Waals surface area contributed by atoms with E-state index in [-0.39, 0.29) is 24.8 Å². The standard InChI is InChI=1S/C27H26N4O4/c1-17-8-11-20(14-18(17)2)29-25(33)16-30-23-7-5-4-6-22(23)26(34)31(27(30)35)21-12-9-19(10-13-21)15-24(32)28-3/h4-14H,15-16H2,1-3H3,(H,28,32)(H,29,33). The maximum atomic E-state index is 13.5. The molecule has 0 aliphatic heterocycles. The molecular formula is C27H26N4O4. The zero-order valence-electron chi connectivity index (χ0n) is 19.8. The number of carbonyl (C=O) groups excluding carboxylic acids is 2. The monoisotopic (exact) mass is 470 g/mol. The molecule has 3 aromatic carbocycles. The van der Waals surface area contributed by atoms with Gasteiger partial charge in [0.05, 0.1) is 23.0 Å². The van der Waals surface area contributed by atoms with Crippen LogP contribution in [0.1, 0.15) is 16.7 Å². The molecule has 4 rings (SSSR count). The van der Waals surface area contributed by atoms with Crippen LogP contribution in [0.2, 0.25) is 0 Å². The highest BCUT2D eigenvalue weighted by molar-refractivity contribution is 5.91. The van der Waals surface area contributed by atoms with Gasteiger partial charge in [-0.25, -0.2) is 9.36 Å². The highest BCUT2D eigenvalue weighted by Crippen LogP contribution is 2.15. The number of aryl methyl sites for hydroxylation is 2. The topological polar surface area (TPSA) is 102 Å². The molecular weight excluding hydrogens is 444 g/mol. The third kappa shape index (κ3) is 4.91. The highest BCUT2D eigenvalue weighted by Gasteiger charge is 2.17. The van der Waals surface area contributed by atoms with Gasteiger partial charge < -0.3 is 10.6 Å². The fraction of sp³-hybridized carbons (Fsp3) is 0.185. The first kappa shape index (κ1) is 23.7. The summed E-state index contributed by atoms with van der Waals surface area (Å²) in [6, 6.07) is 18.9. The van der Waals surface area contributed by atoms with Crippen molar-refractivity contribution in [3.05, 3.63) is 104 Å². The Bertz CT molecular complexity index is 1550. The maximum Gasteiger partial charge on any atom is 0.336 e. The number of carbonyl (C=O) groups is 2. The predicted molar refractivity (Wildman–Crippen MR) is 136 cm³/mol. The zero-order chi connectivity index (χ0) is 25.1. The Morgan fingerprint density at radius 2 is 1.57 bits per heavy atom. The van der Waals surface area contributed by atoms with E-state index in [0.29, 0.717) is 22.3 Å². The largest absolute Gasteiger partial charge is 0.359 e. The van der Waals surface area contributed by atoms with Gasteiger partial charge in [0.1, 0.15) is 6.54 Å². The summed E-state index contributed by atoms with van der Waals surface area (Å²) >= 11 is 0. The fourth-order valence-electron chi connectivity index (χ4n) is 3.90. The first-order chi connectivity index (χ1) is 16.8. The maximum absolute atomic E-state index is 13.5. The zero-order valence-corrected chi connectivity index (χ0v) is 19.8. The Hall–Kier alpha value is -4.46. The molecule has 4 aromatic rings. The van der Waals surface area contributed by atoms with Crippen molar-refractivity contribution in [2.24, 2.45) is 0 Å². The molecule has 0 aliphatic rings. The molecule has 8 nitrogen and oxygen atoms in total. The van der Waals surface area contributed by atoms with Gasteiger partial charge in [0.15, 0.2) is 0 Å². The molecule has 0 unspecified atom stereocenters. The van der Waals surface area contributed by atoms with Crippen LogP contribution in [0.4, 0.5) is 5.69 Å². The van der Waals surface area contributed by atoms with Crippen LogP contribution in [0.3, 0.4) is 0 Å². The van der Waals surface area contributed by atoms with Crippen LogP contribution in [-0.2, 0) is 22.6 Å². The molecule has 0 fully saturated rings. The lowest BCUT2D eigenvalue weighted by molar-refractivity contribution is -0.120. The van der Waals surface area contributed by atoms with Crippen molar-refractivity contribution in [2.75, 3.05) is 12.4 Å². The lowest BCUT2D eigenvalue weighted by Gasteiger charge is -2.15. The number of hydrogen-bond donors (Lipinski definition) is 2. The number of aromatic nitrogens is 2. The summed E-state index contributed by atoms with van der Waals surface area (Å²) < 4.78 is 2.35. The van der Waals surface area contributed by atoms with Crippen molar-refractivity contribution >= 4 is 28.4 Å². The molecule has 1 heterocycles. The molecule has 8 heteroatoms. The number of fused-ring (bicyclic) bond motifs is 1. The second kappa shape index (κ2) is 9.80. The minimum Gasteiger partial charge on any atom is -0.359 e. The quantitative estimate of drug-likeness (QED) is 0.452. The smallest absolute Gasteiger partial charge is 0.336 e. The van der Waals surface area contributed by atoms with Crippen LogP contribution < -0.4 is 21.9 Å². The van der Waals surface area contributed by atoms with E-state index in [4.69, 9.17) is 0 Å². The molecule has 0 radical (unpaired) electrons. The number of benzene rings is 3. The highest BCUT2D eigenvalue weighted by atomic mass is 16.2. The molecule has 2 amide bonds. The minimum absolute atomic E-state index is 0.141. The van der Waals surface area contributed by atoms with Crippen LogP contribution in [0.25, 0.3) is 16.6 Å². The number of hydrogen-bond acceptors (Lipinski definition) is 4. The average Bonchev–Trinajstić information content (AvgIpc) is 2.85. The summed E-state index contributed by atoms with van der Waals surface area (Å²) in [5, 5.41) is 5.71. The van der Waals surface area contributed by atoms with Gasteiger partial charge in [-0.05, 0) is 66.9 Å². The predicted octanol–water partition coefficient (Wildman–Crippen LogP) is 2.70. The summed E-state index contributed by atoms with van der Waals surface area (Å²) in [6.45, 7) is 3.68. The first-order valence-corrected chi connectivity index (χ1v) is 11.2.